The number of primary amides is 1. The fourth-order valence-corrected chi connectivity index (χ4v) is 3.70. The van der Waals surface area contributed by atoms with Gasteiger partial charge in [0.15, 0.2) is 5.96 Å². The van der Waals surface area contributed by atoms with E-state index in [1.165, 1.54) is 12.8 Å². The number of amides is 2. The monoisotopic (exact) mass is 377 g/mol. The molecule has 1 aliphatic carbocycles. The maximum absolute atomic E-state index is 11.9. The molecule has 7 nitrogen and oxygen atoms in total. The number of hydrogen-bond acceptors (Lipinski definition) is 4. The minimum Gasteiger partial charge on any atom is -0.368 e. The van der Waals surface area contributed by atoms with Gasteiger partial charge in [0, 0.05) is 30.4 Å². The van der Waals surface area contributed by atoms with Gasteiger partial charge in [0.05, 0.1) is 6.54 Å². The van der Waals surface area contributed by atoms with Gasteiger partial charge in [0.2, 0.25) is 5.91 Å². The summed E-state index contributed by atoms with van der Waals surface area (Å²) >= 11 is 1.93. The van der Waals surface area contributed by atoms with Crippen molar-refractivity contribution in [2.75, 3.05) is 19.8 Å². The SMILES string of the molecule is CN=C(NCc1ccc(C(=O)NCC(N)=O)cc1)NC1CCC(SC)C1. The maximum Gasteiger partial charge on any atom is 0.251 e. The first-order chi connectivity index (χ1) is 12.5. The van der Waals surface area contributed by atoms with Gasteiger partial charge in [-0.05, 0) is 43.2 Å². The van der Waals surface area contributed by atoms with Crippen LogP contribution in [-0.4, -0.2) is 48.9 Å². The fraction of sp³-hybridized carbons (Fsp3) is 0.500. The molecule has 1 aromatic rings. The number of thioether (sulfide) groups is 1. The lowest BCUT2D eigenvalue weighted by Crippen LogP contribution is -2.42. The van der Waals surface area contributed by atoms with Crippen LogP contribution >= 0.6 is 11.8 Å². The number of guanidine groups is 1. The molecule has 1 saturated carbocycles. The van der Waals surface area contributed by atoms with Crippen molar-refractivity contribution in [3.05, 3.63) is 35.4 Å². The fourth-order valence-electron chi connectivity index (χ4n) is 2.90. The van der Waals surface area contributed by atoms with E-state index in [1.807, 2.05) is 23.9 Å². The zero-order chi connectivity index (χ0) is 18.9. The van der Waals surface area contributed by atoms with Crippen LogP contribution < -0.4 is 21.7 Å². The molecular formula is C18H27N5O2S. The lowest BCUT2D eigenvalue weighted by atomic mass is 10.1. The predicted octanol–water partition coefficient (Wildman–Crippen LogP) is 0.851. The molecule has 0 radical (unpaired) electrons. The molecule has 0 saturated heterocycles. The molecule has 2 atom stereocenters. The third kappa shape index (κ3) is 6.25. The maximum atomic E-state index is 11.9. The summed E-state index contributed by atoms with van der Waals surface area (Å²) in [4.78, 5) is 26.8. The van der Waals surface area contributed by atoms with Crippen LogP contribution in [0.4, 0.5) is 0 Å². The Morgan fingerprint density at radius 3 is 2.54 bits per heavy atom. The second-order valence-corrected chi connectivity index (χ2v) is 7.42. The molecule has 2 rings (SSSR count). The first-order valence-corrected chi connectivity index (χ1v) is 9.96. The van der Waals surface area contributed by atoms with Crippen molar-refractivity contribution >= 4 is 29.5 Å². The summed E-state index contributed by atoms with van der Waals surface area (Å²) in [5.41, 5.74) is 6.54. The van der Waals surface area contributed by atoms with E-state index in [0.717, 1.165) is 23.2 Å². The molecule has 0 heterocycles. The van der Waals surface area contributed by atoms with Crippen molar-refractivity contribution in [2.45, 2.75) is 37.1 Å². The molecule has 1 aromatic carbocycles. The Kier molecular flexibility index (Phi) is 7.77. The Morgan fingerprint density at radius 1 is 1.23 bits per heavy atom. The van der Waals surface area contributed by atoms with E-state index in [9.17, 15) is 9.59 Å². The molecule has 1 fully saturated rings. The number of nitrogens with zero attached hydrogens (tertiary/aromatic N) is 1. The molecular weight excluding hydrogens is 350 g/mol. The number of carbonyl (C=O) groups is 2. The molecule has 8 heteroatoms. The summed E-state index contributed by atoms with van der Waals surface area (Å²) in [7, 11) is 1.77. The summed E-state index contributed by atoms with van der Waals surface area (Å²) in [6, 6.07) is 7.67. The highest BCUT2D eigenvalue weighted by atomic mass is 32.2. The summed E-state index contributed by atoms with van der Waals surface area (Å²) in [6.07, 6.45) is 5.74. The minimum atomic E-state index is -0.566. The molecule has 0 aromatic heterocycles. The van der Waals surface area contributed by atoms with E-state index in [4.69, 9.17) is 5.73 Å². The topological polar surface area (TPSA) is 109 Å². The molecule has 0 bridgehead atoms. The first kappa shape index (κ1) is 20.1. The number of nitrogens with two attached hydrogens (primary N) is 1. The van der Waals surface area contributed by atoms with Crippen LogP contribution in [0.15, 0.2) is 29.3 Å². The third-order valence-electron chi connectivity index (χ3n) is 4.38. The zero-order valence-corrected chi connectivity index (χ0v) is 16.1. The Labute approximate surface area is 158 Å². The van der Waals surface area contributed by atoms with E-state index >= 15 is 0 Å². The van der Waals surface area contributed by atoms with E-state index in [0.29, 0.717) is 18.2 Å². The summed E-state index contributed by atoms with van der Waals surface area (Å²) in [6.45, 7) is 0.449. The van der Waals surface area contributed by atoms with Crippen LogP contribution in [0.3, 0.4) is 0 Å². The first-order valence-electron chi connectivity index (χ1n) is 8.67. The zero-order valence-electron chi connectivity index (χ0n) is 15.2. The molecule has 2 amide bonds. The van der Waals surface area contributed by atoms with E-state index in [2.05, 4.69) is 27.2 Å². The second kappa shape index (κ2) is 10.1. The molecule has 2 unspecified atom stereocenters. The van der Waals surface area contributed by atoms with Crippen molar-refractivity contribution < 1.29 is 9.59 Å². The summed E-state index contributed by atoms with van der Waals surface area (Å²) < 4.78 is 0. The van der Waals surface area contributed by atoms with Gasteiger partial charge in [-0.25, -0.2) is 0 Å². The van der Waals surface area contributed by atoms with Crippen molar-refractivity contribution in [1.29, 1.82) is 0 Å². The van der Waals surface area contributed by atoms with Crippen molar-refractivity contribution in [2.24, 2.45) is 10.7 Å². The quantitative estimate of drug-likeness (QED) is 0.416. The Hall–Kier alpha value is -2.22. The smallest absolute Gasteiger partial charge is 0.251 e. The third-order valence-corrected chi connectivity index (χ3v) is 5.48. The van der Waals surface area contributed by atoms with Gasteiger partial charge >= 0.3 is 0 Å². The second-order valence-electron chi connectivity index (χ2n) is 6.28. The van der Waals surface area contributed by atoms with Crippen molar-refractivity contribution in [3.63, 3.8) is 0 Å². The number of benzene rings is 1. The van der Waals surface area contributed by atoms with Gasteiger partial charge in [-0.2, -0.15) is 11.8 Å². The van der Waals surface area contributed by atoms with E-state index < -0.39 is 5.91 Å². The Balaban J connectivity index is 1.80. The lowest BCUT2D eigenvalue weighted by Gasteiger charge is -2.17. The van der Waals surface area contributed by atoms with Gasteiger partial charge < -0.3 is 21.7 Å². The number of hydrogen-bond donors (Lipinski definition) is 4. The molecule has 1 aliphatic rings. The van der Waals surface area contributed by atoms with Gasteiger partial charge in [0.25, 0.3) is 5.91 Å². The normalized spacial score (nSPS) is 19.8. The highest BCUT2D eigenvalue weighted by Gasteiger charge is 2.24. The molecule has 26 heavy (non-hydrogen) atoms. The minimum absolute atomic E-state index is 0.164. The molecule has 5 N–H and O–H groups in total. The van der Waals surface area contributed by atoms with Crippen LogP contribution in [0.5, 0.6) is 0 Å². The van der Waals surface area contributed by atoms with Crippen LogP contribution in [-0.2, 0) is 11.3 Å². The van der Waals surface area contributed by atoms with Crippen LogP contribution in [0, 0.1) is 0 Å². The molecule has 0 aliphatic heterocycles. The lowest BCUT2D eigenvalue weighted by molar-refractivity contribution is -0.117. The number of rotatable bonds is 7. The van der Waals surface area contributed by atoms with Crippen LogP contribution in [0.25, 0.3) is 0 Å². The van der Waals surface area contributed by atoms with Gasteiger partial charge in [0.1, 0.15) is 0 Å². The van der Waals surface area contributed by atoms with Crippen LogP contribution in [0.1, 0.15) is 35.2 Å². The standard InChI is InChI=1S/C18H27N5O2S/c1-20-18(23-14-7-8-15(9-14)26-2)22-10-12-3-5-13(6-4-12)17(25)21-11-16(19)24/h3-6,14-15H,7-11H2,1-2H3,(H2,19,24)(H,21,25)(H2,20,22,23). The van der Waals surface area contributed by atoms with E-state index in [-0.39, 0.29) is 12.5 Å². The highest BCUT2D eigenvalue weighted by Crippen LogP contribution is 2.27. The predicted molar refractivity (Wildman–Crippen MR) is 106 cm³/mol. The highest BCUT2D eigenvalue weighted by molar-refractivity contribution is 7.99. The molecule has 0 spiro atoms. The summed E-state index contributed by atoms with van der Waals surface area (Å²) in [5.74, 6) is -0.0884. The van der Waals surface area contributed by atoms with Crippen molar-refractivity contribution in [1.82, 2.24) is 16.0 Å². The largest absolute Gasteiger partial charge is 0.368 e. The average molecular weight is 378 g/mol. The Morgan fingerprint density at radius 2 is 1.96 bits per heavy atom. The summed E-state index contributed by atoms with van der Waals surface area (Å²) in [5, 5.41) is 9.98. The Bertz CT molecular complexity index is 647. The van der Waals surface area contributed by atoms with Crippen LogP contribution in [0.2, 0.25) is 0 Å². The number of carbonyl (C=O) groups excluding carboxylic acids is 2. The number of aliphatic imine (C=N–C) groups is 1. The molecule has 142 valence electrons. The van der Waals surface area contributed by atoms with Gasteiger partial charge in [-0.1, -0.05) is 12.1 Å². The van der Waals surface area contributed by atoms with Gasteiger partial charge in [-0.3, -0.25) is 14.6 Å². The average Bonchev–Trinajstić information content (AvgIpc) is 3.11. The van der Waals surface area contributed by atoms with Gasteiger partial charge in [-0.15, -0.1) is 0 Å². The van der Waals surface area contributed by atoms with Crippen molar-refractivity contribution in [3.8, 4) is 0 Å². The van der Waals surface area contributed by atoms with E-state index in [1.54, 1.807) is 19.2 Å². The number of nitrogens with one attached hydrogen (secondary N) is 3.